The zero-order chi connectivity index (χ0) is 65.4. The first-order valence-corrected chi connectivity index (χ1v) is 29.8. The average molecular weight is 1320 g/mol. The Morgan fingerprint density at radius 1 is 0.456 bits per heavy atom. The van der Waals surface area contributed by atoms with Gasteiger partial charge in [0.15, 0.2) is 11.5 Å². The van der Waals surface area contributed by atoms with Crippen molar-refractivity contribution in [2.45, 2.75) is 19.6 Å². The van der Waals surface area contributed by atoms with E-state index in [1.807, 2.05) is 0 Å². The van der Waals surface area contributed by atoms with Gasteiger partial charge in [0.05, 0.1) is 32.3 Å². The molecular formula is C48H34N16O22S4. The topological polar surface area (TPSA) is 606 Å². The fourth-order valence-corrected chi connectivity index (χ4v) is 10.5. The van der Waals surface area contributed by atoms with E-state index in [0.717, 1.165) is 36.4 Å². The molecule has 7 aromatic carbocycles. The Hall–Kier alpha value is -11.8. The number of carboxylic acids is 2. The van der Waals surface area contributed by atoms with Crippen LogP contribution in [0.5, 0.6) is 11.5 Å². The van der Waals surface area contributed by atoms with E-state index in [2.05, 4.69) is 82.7 Å². The van der Waals surface area contributed by atoms with Crippen LogP contribution in [0.3, 0.4) is 0 Å². The number of rotatable bonds is 20. The number of fused-ring (bicyclic) bond motifs is 2. The average Bonchev–Trinajstić information content (AvgIpc) is 0.768. The van der Waals surface area contributed by atoms with Crippen LogP contribution in [0.2, 0.25) is 0 Å². The van der Waals surface area contributed by atoms with Gasteiger partial charge in [0.25, 0.3) is 52.3 Å². The Morgan fingerprint density at radius 2 is 0.811 bits per heavy atom. The van der Waals surface area contributed by atoms with Crippen LogP contribution in [-0.2, 0) is 40.5 Å². The van der Waals surface area contributed by atoms with Crippen LogP contribution in [0.25, 0.3) is 21.5 Å². The summed E-state index contributed by atoms with van der Waals surface area (Å²) >= 11 is 0. The van der Waals surface area contributed by atoms with Gasteiger partial charge in [0.1, 0.15) is 32.5 Å². The standard InChI is InChI=1S/C48H34N16O22S4/c65-37-33-21(15-31(89(81,82)83)35(37)59-57-27-7-3-1-5-25(27)41(69)70)13-23(87(75,76)77)17-29(33)49-43-51-45(55-47(73)53-43)63-61-39(67)19-9-11-20(12-10-19)40(68)62-64-46-52-44(54-48(74)56-46)50-30-18-24(88(78,79)80)14-22-16-32(90(84,85)86)36(38(66)34(22)30)60-58-28-8-4-2-6-26(28)42(71)72/h1-18,65-66H,(H,61,67)(H,62,68)(H,69,70)(H,71,72)(H,75,76,77)(H,78,79,80)(H,81,82,83)(H,84,85,86)(H3,49,51,53,55,63,73)(H3,50,52,54,56,64,74). The fraction of sp³-hybridized carbons (Fsp3) is 0. The van der Waals surface area contributed by atoms with E-state index >= 15 is 0 Å². The van der Waals surface area contributed by atoms with Gasteiger partial charge in [-0.25, -0.2) is 19.2 Å². The fourth-order valence-electron chi connectivity index (χ4n) is 8.09. The maximum Gasteiger partial charge on any atom is 0.351 e. The third-order valence-corrected chi connectivity index (χ3v) is 15.4. The Balaban J connectivity index is 0.917. The number of carboxylic acid groups (broad SMARTS) is 2. The molecule has 0 saturated carbocycles. The lowest BCUT2D eigenvalue weighted by molar-refractivity contribution is 0.0687. The smallest absolute Gasteiger partial charge is 0.351 e. The highest BCUT2D eigenvalue weighted by atomic mass is 32.2. The minimum absolute atomic E-state index is 0.166. The van der Waals surface area contributed by atoms with Gasteiger partial charge in [-0.05, 0) is 95.7 Å². The third-order valence-electron chi connectivity index (χ3n) is 12.0. The largest absolute Gasteiger partial charge is 0.505 e. The van der Waals surface area contributed by atoms with E-state index in [9.17, 15) is 101 Å². The van der Waals surface area contributed by atoms with Gasteiger partial charge in [0, 0.05) is 21.9 Å². The summed E-state index contributed by atoms with van der Waals surface area (Å²) < 4.78 is 140. The molecule has 0 radical (unpaired) electrons. The van der Waals surface area contributed by atoms with Crippen LogP contribution in [0.4, 0.5) is 57.9 Å². The summed E-state index contributed by atoms with van der Waals surface area (Å²) in [6.07, 6.45) is 0. The third kappa shape index (κ3) is 13.9. The van der Waals surface area contributed by atoms with Gasteiger partial charge in [-0.2, -0.15) is 53.6 Å². The van der Waals surface area contributed by atoms with Gasteiger partial charge >= 0.3 is 23.3 Å². The number of hydrazine groups is 2. The van der Waals surface area contributed by atoms with Crippen molar-refractivity contribution < 1.29 is 91.5 Å². The summed E-state index contributed by atoms with van der Waals surface area (Å²) in [5.41, 5.74) is 1.50. The highest BCUT2D eigenvalue weighted by Crippen LogP contribution is 2.47. The molecule has 16 N–H and O–H groups in total. The molecule has 9 rings (SSSR count). The number of azo groups is 2. The zero-order valence-corrected chi connectivity index (χ0v) is 47.2. The molecule has 462 valence electrons. The number of hydrogen-bond donors (Lipinski definition) is 16. The lowest BCUT2D eigenvalue weighted by atomic mass is 10.1. The first-order chi connectivity index (χ1) is 42.2. The zero-order valence-electron chi connectivity index (χ0n) is 43.9. The molecule has 42 heteroatoms. The number of nitrogens with zero attached hydrogens (tertiary/aromatic N) is 8. The highest BCUT2D eigenvalue weighted by Gasteiger charge is 2.29. The second-order valence-electron chi connectivity index (χ2n) is 17.9. The number of nitrogens with one attached hydrogen (secondary N) is 8. The van der Waals surface area contributed by atoms with Crippen LogP contribution in [0.1, 0.15) is 41.4 Å². The van der Waals surface area contributed by atoms with Crippen molar-refractivity contribution in [2.24, 2.45) is 20.5 Å². The predicted molar refractivity (Wildman–Crippen MR) is 306 cm³/mol. The number of phenolic OH excluding ortho intramolecular Hbond substituents is 2. The highest BCUT2D eigenvalue weighted by molar-refractivity contribution is 7.86. The molecule has 38 nitrogen and oxygen atoms in total. The summed E-state index contributed by atoms with van der Waals surface area (Å²) in [5, 5.41) is 59.9. The van der Waals surface area contributed by atoms with E-state index in [1.54, 1.807) is 0 Å². The molecule has 0 aliphatic rings. The van der Waals surface area contributed by atoms with Gasteiger partial charge in [0.2, 0.25) is 23.8 Å². The minimum Gasteiger partial charge on any atom is -0.505 e. The van der Waals surface area contributed by atoms with Crippen LogP contribution in [0.15, 0.2) is 159 Å². The van der Waals surface area contributed by atoms with Crippen LogP contribution in [0, 0.1) is 0 Å². The van der Waals surface area contributed by atoms with Crippen molar-refractivity contribution in [1.82, 2.24) is 40.8 Å². The summed E-state index contributed by atoms with van der Waals surface area (Å²) in [4.78, 5) is 90.6. The summed E-state index contributed by atoms with van der Waals surface area (Å²) in [7, 11) is -21.0. The van der Waals surface area contributed by atoms with E-state index < -0.39 is 186 Å². The molecule has 0 bridgehead atoms. The van der Waals surface area contributed by atoms with E-state index in [-0.39, 0.29) is 22.5 Å². The molecule has 0 aliphatic carbocycles. The second-order valence-corrected chi connectivity index (χ2v) is 23.5. The number of carbonyl (C=O) groups excluding carboxylic acids is 2. The normalized spacial score (nSPS) is 12.0. The second kappa shape index (κ2) is 24.2. The lowest BCUT2D eigenvalue weighted by Crippen LogP contribution is -2.33. The van der Waals surface area contributed by atoms with Crippen molar-refractivity contribution in [3.8, 4) is 11.5 Å². The molecule has 2 amide bonds. The molecule has 90 heavy (non-hydrogen) atoms. The van der Waals surface area contributed by atoms with Gasteiger partial charge in [-0.3, -0.25) is 59.5 Å². The maximum atomic E-state index is 13.2. The predicted octanol–water partition coefficient (Wildman–Crippen LogP) is 4.58. The van der Waals surface area contributed by atoms with Crippen molar-refractivity contribution in [2.75, 3.05) is 21.5 Å². The lowest BCUT2D eigenvalue weighted by Gasteiger charge is -2.15. The Morgan fingerprint density at radius 3 is 1.14 bits per heavy atom. The van der Waals surface area contributed by atoms with Crippen LogP contribution < -0.4 is 43.7 Å². The molecule has 0 atom stereocenters. The van der Waals surface area contributed by atoms with E-state index in [4.69, 9.17) is 0 Å². The van der Waals surface area contributed by atoms with Gasteiger partial charge in [-0.15, -0.1) is 20.5 Å². The number of aromatic nitrogens is 6. The Bertz CT molecular complexity index is 4900. The number of H-pyrrole nitrogens is 2. The number of amides is 2. The number of aromatic carboxylic acids is 2. The minimum atomic E-state index is -5.35. The van der Waals surface area contributed by atoms with Crippen molar-refractivity contribution in [3.63, 3.8) is 0 Å². The molecule has 0 fully saturated rings. The van der Waals surface area contributed by atoms with E-state index in [0.29, 0.717) is 36.4 Å². The van der Waals surface area contributed by atoms with E-state index in [1.165, 1.54) is 36.4 Å². The van der Waals surface area contributed by atoms with Crippen molar-refractivity contribution in [3.05, 3.63) is 152 Å². The number of aromatic hydroxyl groups is 2. The number of phenols is 2. The first-order valence-electron chi connectivity index (χ1n) is 24.0. The first kappa shape index (κ1) is 62.7. The molecule has 2 heterocycles. The molecule has 0 saturated heterocycles. The number of benzene rings is 7. The Labute approximate surface area is 499 Å². The summed E-state index contributed by atoms with van der Waals surface area (Å²) in [6, 6.07) is 18.5. The Kier molecular flexibility index (Phi) is 16.8. The van der Waals surface area contributed by atoms with Crippen molar-refractivity contribution in [1.29, 1.82) is 0 Å². The van der Waals surface area contributed by atoms with Gasteiger partial charge < -0.3 is 31.1 Å². The molecular weight excluding hydrogens is 1280 g/mol. The number of hydrogen-bond acceptors (Lipinski definition) is 28. The maximum absolute atomic E-state index is 13.2. The SMILES string of the molecule is O=C(NNc1nc(Nc2cc(S(=O)(=O)O)cc3cc(S(=O)(=O)O)c(N=Nc4ccccc4C(=O)O)c(O)c23)[nH]c(=O)n1)c1ccc(C(=O)NNc2nc(Nc3cc(S(=O)(=O)O)cc4cc(S(=O)(=O)O)c(N=Nc5ccccc5C(=O)O)c(O)c34)[nH]c(=O)n2)cc1. The quantitative estimate of drug-likeness (QED) is 0.0282. The molecule has 2 aromatic heterocycles. The number of aromatic amines is 2. The monoisotopic (exact) mass is 1310 g/mol. The summed E-state index contributed by atoms with van der Waals surface area (Å²) in [5.74, 6) is -9.73. The van der Waals surface area contributed by atoms with Crippen LogP contribution >= 0.6 is 0 Å². The molecule has 9 aromatic rings. The van der Waals surface area contributed by atoms with Crippen molar-refractivity contribution >= 4 is 144 Å². The number of anilines is 6. The van der Waals surface area contributed by atoms with Crippen LogP contribution in [-0.4, -0.2) is 126 Å². The molecule has 0 aliphatic heterocycles. The molecule has 0 unspecified atom stereocenters. The number of carbonyl (C=O) groups is 4. The van der Waals surface area contributed by atoms with Gasteiger partial charge in [-0.1, -0.05) is 24.3 Å². The molecule has 0 spiro atoms. The summed E-state index contributed by atoms with van der Waals surface area (Å²) in [6.45, 7) is 0.